The van der Waals surface area contributed by atoms with Gasteiger partial charge in [-0.3, -0.25) is 0 Å². The first-order valence-electron chi connectivity index (χ1n) is 8.05. The number of hydrogen-bond donors (Lipinski definition) is 5. The maximum atomic E-state index is 6.29. The van der Waals surface area contributed by atoms with Gasteiger partial charge >= 0.3 is 0 Å². The molecule has 5 nitrogen and oxygen atoms in total. The summed E-state index contributed by atoms with van der Waals surface area (Å²) in [5, 5.41) is 0. The summed E-state index contributed by atoms with van der Waals surface area (Å²) in [6, 6.07) is 10.2. The zero-order valence-electron chi connectivity index (χ0n) is 13.3. The van der Waals surface area contributed by atoms with E-state index in [1.54, 1.807) is 0 Å². The Balaban J connectivity index is 1.91. The second-order valence-corrected chi connectivity index (χ2v) is 6.53. The van der Waals surface area contributed by atoms with Gasteiger partial charge in [0.1, 0.15) is 0 Å². The Morgan fingerprint density at radius 3 is 1.91 bits per heavy atom. The number of anilines is 4. The molecule has 1 fully saturated rings. The molecule has 0 amide bonds. The van der Waals surface area contributed by atoms with Gasteiger partial charge in [-0.1, -0.05) is 12.1 Å². The van der Waals surface area contributed by atoms with Gasteiger partial charge in [0.2, 0.25) is 0 Å². The van der Waals surface area contributed by atoms with Gasteiger partial charge in [-0.15, -0.1) is 0 Å². The van der Waals surface area contributed by atoms with Crippen LogP contribution in [0, 0.1) is 0 Å². The highest BCUT2D eigenvalue weighted by atomic mass is 14.7. The van der Waals surface area contributed by atoms with Crippen molar-refractivity contribution >= 4 is 22.7 Å². The van der Waals surface area contributed by atoms with Gasteiger partial charge in [0.05, 0.1) is 17.1 Å². The number of rotatable bonds is 2. The average Bonchev–Trinajstić information content (AvgIpc) is 2.53. The first kappa shape index (κ1) is 15.5. The average molecular weight is 311 g/mol. The van der Waals surface area contributed by atoms with Gasteiger partial charge < -0.3 is 28.7 Å². The van der Waals surface area contributed by atoms with Crippen molar-refractivity contribution in [1.29, 1.82) is 0 Å². The van der Waals surface area contributed by atoms with E-state index in [4.69, 9.17) is 28.7 Å². The van der Waals surface area contributed by atoms with Crippen LogP contribution in [0.4, 0.5) is 22.7 Å². The van der Waals surface area contributed by atoms with Crippen LogP contribution in [-0.2, 0) is 0 Å². The molecule has 0 radical (unpaired) electrons. The van der Waals surface area contributed by atoms with Crippen LogP contribution < -0.4 is 28.7 Å². The first-order chi connectivity index (χ1) is 11.0. The number of nitrogen functional groups attached to an aromatic ring is 4. The van der Waals surface area contributed by atoms with Gasteiger partial charge in [-0.25, -0.2) is 0 Å². The van der Waals surface area contributed by atoms with E-state index >= 15 is 0 Å². The maximum absolute atomic E-state index is 6.29. The molecule has 2 aromatic rings. The van der Waals surface area contributed by atoms with Crippen molar-refractivity contribution in [2.45, 2.75) is 37.6 Å². The van der Waals surface area contributed by atoms with Gasteiger partial charge in [-0.2, -0.15) is 0 Å². The van der Waals surface area contributed by atoms with Crippen molar-refractivity contribution in [2.75, 3.05) is 22.9 Å². The van der Waals surface area contributed by atoms with E-state index in [0.717, 1.165) is 42.5 Å². The molecule has 1 aliphatic rings. The van der Waals surface area contributed by atoms with E-state index in [1.807, 2.05) is 18.2 Å². The summed E-state index contributed by atoms with van der Waals surface area (Å²) >= 11 is 0. The van der Waals surface area contributed by atoms with E-state index in [-0.39, 0.29) is 0 Å². The molecular weight excluding hydrogens is 286 g/mol. The van der Waals surface area contributed by atoms with Gasteiger partial charge in [-0.05, 0) is 60.9 Å². The number of benzene rings is 2. The molecule has 3 rings (SSSR count). The molecule has 0 spiro atoms. The molecule has 122 valence electrons. The summed E-state index contributed by atoms with van der Waals surface area (Å²) in [6.45, 7) is 0. The van der Waals surface area contributed by atoms with Crippen molar-refractivity contribution in [1.82, 2.24) is 0 Å². The molecule has 1 aliphatic carbocycles. The highest BCUT2D eigenvalue weighted by Gasteiger charge is 2.20. The van der Waals surface area contributed by atoms with E-state index in [2.05, 4.69) is 12.1 Å². The maximum Gasteiger partial charge on any atom is 0.0781 e. The van der Waals surface area contributed by atoms with Crippen molar-refractivity contribution in [3.63, 3.8) is 0 Å². The fourth-order valence-electron chi connectivity index (χ4n) is 3.40. The summed E-state index contributed by atoms with van der Waals surface area (Å²) in [4.78, 5) is 0. The lowest BCUT2D eigenvalue weighted by Crippen LogP contribution is -2.25. The fourth-order valence-corrected chi connectivity index (χ4v) is 3.40. The van der Waals surface area contributed by atoms with E-state index in [1.165, 1.54) is 5.56 Å². The van der Waals surface area contributed by atoms with Crippen molar-refractivity contribution in [3.8, 4) is 11.1 Å². The Labute approximate surface area is 136 Å². The molecule has 0 bridgehead atoms. The second-order valence-electron chi connectivity index (χ2n) is 6.53. The third kappa shape index (κ3) is 3.05. The SMILES string of the molecule is Nc1cc(C2CCC(N)CC2)ccc1-c1cc(N)c(N)c(N)c1. The lowest BCUT2D eigenvalue weighted by atomic mass is 9.81. The summed E-state index contributed by atoms with van der Waals surface area (Å²) in [7, 11) is 0. The summed E-state index contributed by atoms with van der Waals surface area (Å²) in [5.41, 5.74) is 35.1. The highest BCUT2D eigenvalue weighted by Crippen LogP contribution is 2.37. The summed E-state index contributed by atoms with van der Waals surface area (Å²) in [5.74, 6) is 0.549. The molecule has 5 heteroatoms. The summed E-state index contributed by atoms with van der Waals surface area (Å²) < 4.78 is 0. The van der Waals surface area contributed by atoms with Crippen LogP contribution in [0.25, 0.3) is 11.1 Å². The quantitative estimate of drug-likeness (QED) is 0.544. The van der Waals surface area contributed by atoms with Crippen molar-refractivity contribution < 1.29 is 0 Å². The zero-order chi connectivity index (χ0) is 16.6. The van der Waals surface area contributed by atoms with Gasteiger partial charge in [0, 0.05) is 17.3 Å². The molecule has 0 unspecified atom stereocenters. The molecule has 1 saturated carbocycles. The third-order valence-corrected chi connectivity index (χ3v) is 4.87. The van der Waals surface area contributed by atoms with Crippen LogP contribution in [0.15, 0.2) is 30.3 Å². The highest BCUT2D eigenvalue weighted by molar-refractivity contribution is 5.87. The Morgan fingerprint density at radius 2 is 1.35 bits per heavy atom. The monoisotopic (exact) mass is 311 g/mol. The molecule has 2 aromatic carbocycles. The van der Waals surface area contributed by atoms with Crippen molar-refractivity contribution in [2.24, 2.45) is 5.73 Å². The minimum absolute atomic E-state index is 0.351. The minimum Gasteiger partial charge on any atom is -0.398 e. The first-order valence-corrected chi connectivity index (χ1v) is 8.05. The molecule has 0 saturated heterocycles. The van der Waals surface area contributed by atoms with Crippen LogP contribution >= 0.6 is 0 Å². The predicted octanol–water partition coefficient (Wildman–Crippen LogP) is 2.67. The Bertz CT molecular complexity index is 694. The third-order valence-electron chi connectivity index (χ3n) is 4.87. The topological polar surface area (TPSA) is 130 Å². The largest absolute Gasteiger partial charge is 0.398 e. The van der Waals surface area contributed by atoms with Crippen LogP contribution in [-0.4, -0.2) is 6.04 Å². The number of nitrogens with two attached hydrogens (primary N) is 5. The number of hydrogen-bond acceptors (Lipinski definition) is 5. The lowest BCUT2D eigenvalue weighted by molar-refractivity contribution is 0.395. The van der Waals surface area contributed by atoms with Crippen LogP contribution in [0.5, 0.6) is 0 Å². The molecule has 0 aromatic heterocycles. The Morgan fingerprint density at radius 1 is 0.739 bits per heavy atom. The van der Waals surface area contributed by atoms with Crippen LogP contribution in [0.1, 0.15) is 37.2 Å². The lowest BCUT2D eigenvalue weighted by Gasteiger charge is -2.26. The smallest absolute Gasteiger partial charge is 0.0781 e. The predicted molar refractivity (Wildman–Crippen MR) is 98.7 cm³/mol. The Hall–Kier alpha value is -2.40. The molecule has 0 atom stereocenters. The summed E-state index contributed by atoms with van der Waals surface area (Å²) in [6.07, 6.45) is 4.41. The Kier molecular flexibility index (Phi) is 4.05. The standard InChI is InChI=1S/C18H25N5/c19-13-4-1-10(2-5-13)11-3-6-14(15(20)7-11)12-8-16(21)18(23)17(22)9-12/h3,6-10,13H,1-2,4-5,19-23H2. The fraction of sp³-hybridized carbons (Fsp3) is 0.333. The van der Waals surface area contributed by atoms with Crippen molar-refractivity contribution in [3.05, 3.63) is 35.9 Å². The van der Waals surface area contributed by atoms with Crippen LogP contribution in [0.3, 0.4) is 0 Å². The molecule has 0 aliphatic heterocycles. The van der Waals surface area contributed by atoms with E-state index in [0.29, 0.717) is 29.0 Å². The van der Waals surface area contributed by atoms with E-state index < -0.39 is 0 Å². The minimum atomic E-state index is 0.351. The molecule has 23 heavy (non-hydrogen) atoms. The van der Waals surface area contributed by atoms with Crippen LogP contribution in [0.2, 0.25) is 0 Å². The molecular formula is C18H25N5. The van der Waals surface area contributed by atoms with Gasteiger partial charge in [0.25, 0.3) is 0 Å². The molecule has 10 N–H and O–H groups in total. The second kappa shape index (κ2) is 6.01. The molecule has 0 heterocycles. The van der Waals surface area contributed by atoms with Gasteiger partial charge in [0.15, 0.2) is 0 Å². The normalized spacial score (nSPS) is 21.3. The zero-order valence-corrected chi connectivity index (χ0v) is 13.3. The van der Waals surface area contributed by atoms with E-state index in [9.17, 15) is 0 Å².